The Labute approximate surface area is 246 Å². The largest absolute Gasteiger partial charge is 0.394 e. The molecule has 39 heavy (non-hydrogen) atoms. The van der Waals surface area contributed by atoms with Gasteiger partial charge >= 0.3 is 0 Å². The van der Waals surface area contributed by atoms with Gasteiger partial charge in [0.15, 0.2) is 0 Å². The van der Waals surface area contributed by atoms with Crippen LogP contribution in [0.2, 0.25) is 0 Å². The van der Waals surface area contributed by atoms with Crippen molar-refractivity contribution in [1.29, 1.82) is 0 Å². The van der Waals surface area contributed by atoms with Gasteiger partial charge in [0.05, 0.1) is 6.61 Å². The molecule has 0 saturated carbocycles. The van der Waals surface area contributed by atoms with Crippen LogP contribution in [0.5, 0.6) is 0 Å². The Bertz CT molecular complexity index is 465. The quantitative estimate of drug-likeness (QED) is 0.0660. The van der Waals surface area contributed by atoms with E-state index in [0.717, 1.165) is 19.4 Å². The number of hydrogen-bond donors (Lipinski definition) is 2. The SMILES string of the molecule is CCCCCCCCCCCCCCOC(CO)C(NC(C)(C)C)OCCCCCCCCCCCCCC. The molecule has 0 spiro atoms. The van der Waals surface area contributed by atoms with Crippen molar-refractivity contribution in [2.45, 2.75) is 207 Å². The predicted octanol–water partition coefficient (Wildman–Crippen LogP) is 10.5. The third-order valence-electron chi connectivity index (χ3n) is 7.72. The van der Waals surface area contributed by atoms with Crippen molar-refractivity contribution in [3.63, 3.8) is 0 Å². The molecule has 4 heteroatoms. The maximum Gasteiger partial charge on any atom is 0.137 e. The molecular formula is C35H73NO3. The average Bonchev–Trinajstić information content (AvgIpc) is 2.90. The molecule has 0 fully saturated rings. The number of nitrogens with one attached hydrogen (secondary N) is 1. The lowest BCUT2D eigenvalue weighted by Gasteiger charge is -2.33. The van der Waals surface area contributed by atoms with Crippen LogP contribution in [0.25, 0.3) is 0 Å². The summed E-state index contributed by atoms with van der Waals surface area (Å²) in [4.78, 5) is 0. The minimum absolute atomic E-state index is 0.00948. The van der Waals surface area contributed by atoms with Crippen molar-refractivity contribution in [3.05, 3.63) is 0 Å². The van der Waals surface area contributed by atoms with Crippen molar-refractivity contribution in [2.24, 2.45) is 0 Å². The molecule has 2 atom stereocenters. The molecule has 2 N–H and O–H groups in total. The molecule has 0 aliphatic rings. The van der Waals surface area contributed by atoms with Crippen LogP contribution >= 0.6 is 0 Å². The van der Waals surface area contributed by atoms with E-state index in [1.807, 2.05) is 0 Å². The Morgan fingerprint density at radius 1 is 0.487 bits per heavy atom. The maximum atomic E-state index is 10.0. The molecule has 0 saturated heterocycles. The fourth-order valence-electron chi connectivity index (χ4n) is 5.24. The zero-order valence-electron chi connectivity index (χ0n) is 27.5. The van der Waals surface area contributed by atoms with Crippen LogP contribution < -0.4 is 5.32 Å². The van der Waals surface area contributed by atoms with Crippen LogP contribution in [0.4, 0.5) is 0 Å². The molecule has 0 amide bonds. The van der Waals surface area contributed by atoms with Gasteiger partial charge in [-0.05, 0) is 33.6 Å². The van der Waals surface area contributed by atoms with E-state index in [2.05, 4.69) is 39.9 Å². The van der Waals surface area contributed by atoms with Gasteiger partial charge in [-0.2, -0.15) is 0 Å². The highest BCUT2D eigenvalue weighted by Crippen LogP contribution is 2.15. The van der Waals surface area contributed by atoms with E-state index in [4.69, 9.17) is 9.47 Å². The molecule has 2 unspecified atom stereocenters. The van der Waals surface area contributed by atoms with E-state index < -0.39 is 0 Å². The summed E-state index contributed by atoms with van der Waals surface area (Å²) in [5.41, 5.74) is -0.0893. The summed E-state index contributed by atoms with van der Waals surface area (Å²) in [6.45, 7) is 12.4. The first-order chi connectivity index (χ1) is 18.9. The van der Waals surface area contributed by atoms with Crippen molar-refractivity contribution >= 4 is 0 Å². The summed E-state index contributed by atoms with van der Waals surface area (Å²) >= 11 is 0. The molecule has 0 aliphatic carbocycles. The summed E-state index contributed by atoms with van der Waals surface area (Å²) < 4.78 is 12.3. The van der Waals surface area contributed by atoms with Crippen LogP contribution in [-0.4, -0.2) is 42.8 Å². The van der Waals surface area contributed by atoms with Gasteiger partial charge in [-0.25, -0.2) is 0 Å². The number of ether oxygens (including phenoxy) is 2. The molecule has 0 rings (SSSR count). The standard InChI is InChI=1S/C35H73NO3/c1-6-8-10-12-14-16-18-20-22-24-26-28-30-38-33(32-37)34(36-35(3,4)5)39-31-29-27-25-23-21-19-17-15-13-11-9-7-2/h33-34,36-37H,6-32H2,1-5H3. The lowest BCUT2D eigenvalue weighted by atomic mass is 10.1. The molecule has 0 heterocycles. The second-order valence-corrected chi connectivity index (χ2v) is 13.1. The van der Waals surface area contributed by atoms with Crippen LogP contribution in [-0.2, 0) is 9.47 Å². The van der Waals surface area contributed by atoms with Gasteiger partial charge in [-0.3, -0.25) is 5.32 Å². The summed E-state index contributed by atoms with van der Waals surface area (Å²) in [6, 6.07) is 0. The number of unbranched alkanes of at least 4 members (excludes halogenated alkanes) is 22. The van der Waals surface area contributed by atoms with E-state index in [1.54, 1.807) is 0 Å². The molecule has 4 nitrogen and oxygen atoms in total. The zero-order chi connectivity index (χ0) is 28.9. The van der Waals surface area contributed by atoms with Crippen molar-refractivity contribution in [2.75, 3.05) is 19.8 Å². The molecule has 0 aromatic rings. The Morgan fingerprint density at radius 3 is 1.10 bits per heavy atom. The predicted molar refractivity (Wildman–Crippen MR) is 172 cm³/mol. The van der Waals surface area contributed by atoms with Crippen LogP contribution in [0.1, 0.15) is 189 Å². The first-order valence-corrected chi connectivity index (χ1v) is 17.6. The average molecular weight is 556 g/mol. The summed E-state index contributed by atoms with van der Waals surface area (Å²) in [7, 11) is 0. The van der Waals surface area contributed by atoms with Crippen LogP contribution in [0.15, 0.2) is 0 Å². The van der Waals surface area contributed by atoms with E-state index in [0.29, 0.717) is 6.61 Å². The normalized spacial score (nSPS) is 13.7. The summed E-state index contributed by atoms with van der Waals surface area (Å²) in [5.74, 6) is 0. The highest BCUT2D eigenvalue weighted by Gasteiger charge is 2.26. The zero-order valence-corrected chi connectivity index (χ0v) is 27.5. The third-order valence-corrected chi connectivity index (χ3v) is 7.72. The van der Waals surface area contributed by atoms with Gasteiger partial charge in [0.25, 0.3) is 0 Å². The molecule has 236 valence electrons. The number of aliphatic hydroxyl groups is 1. The topological polar surface area (TPSA) is 50.7 Å². The first kappa shape index (κ1) is 38.8. The summed E-state index contributed by atoms with van der Waals surface area (Å²) in [6.07, 6.45) is 31.7. The first-order valence-electron chi connectivity index (χ1n) is 17.6. The van der Waals surface area contributed by atoms with E-state index in [-0.39, 0.29) is 24.5 Å². The molecule has 0 aliphatic heterocycles. The fraction of sp³-hybridized carbons (Fsp3) is 1.00. The molecule has 0 radical (unpaired) electrons. The van der Waals surface area contributed by atoms with E-state index in [9.17, 15) is 5.11 Å². The van der Waals surface area contributed by atoms with Gasteiger partial charge in [0, 0.05) is 18.8 Å². The monoisotopic (exact) mass is 556 g/mol. The number of hydrogen-bond acceptors (Lipinski definition) is 4. The highest BCUT2D eigenvalue weighted by molar-refractivity contribution is 4.78. The van der Waals surface area contributed by atoms with Crippen molar-refractivity contribution in [3.8, 4) is 0 Å². The fourth-order valence-corrected chi connectivity index (χ4v) is 5.24. The second-order valence-electron chi connectivity index (χ2n) is 13.1. The molecule has 0 aromatic heterocycles. The molecular weight excluding hydrogens is 482 g/mol. The molecule has 0 bridgehead atoms. The Kier molecular flexibility index (Phi) is 29.2. The Balaban J connectivity index is 3.91. The lowest BCUT2D eigenvalue weighted by molar-refractivity contribution is -0.114. The van der Waals surface area contributed by atoms with Gasteiger partial charge in [-0.1, -0.05) is 155 Å². The van der Waals surface area contributed by atoms with Gasteiger partial charge in [0.1, 0.15) is 12.3 Å². The lowest BCUT2D eigenvalue weighted by Crippen LogP contribution is -2.53. The van der Waals surface area contributed by atoms with E-state index in [1.165, 1.54) is 141 Å². The molecule has 0 aromatic carbocycles. The minimum Gasteiger partial charge on any atom is -0.394 e. The van der Waals surface area contributed by atoms with Gasteiger partial charge in [0.2, 0.25) is 0 Å². The minimum atomic E-state index is -0.311. The number of aliphatic hydroxyl groups excluding tert-OH is 1. The second kappa shape index (κ2) is 29.3. The van der Waals surface area contributed by atoms with Gasteiger partial charge < -0.3 is 14.6 Å². The van der Waals surface area contributed by atoms with Crippen molar-refractivity contribution < 1.29 is 14.6 Å². The van der Waals surface area contributed by atoms with E-state index >= 15 is 0 Å². The van der Waals surface area contributed by atoms with Crippen LogP contribution in [0.3, 0.4) is 0 Å². The number of rotatable bonds is 31. The Morgan fingerprint density at radius 2 is 0.795 bits per heavy atom. The smallest absolute Gasteiger partial charge is 0.137 e. The third kappa shape index (κ3) is 29.1. The maximum absolute atomic E-state index is 10.0. The highest BCUT2D eigenvalue weighted by atomic mass is 16.6. The Hall–Kier alpha value is -0.160. The van der Waals surface area contributed by atoms with Gasteiger partial charge in [-0.15, -0.1) is 0 Å². The van der Waals surface area contributed by atoms with Crippen LogP contribution in [0, 0.1) is 0 Å². The van der Waals surface area contributed by atoms with Crippen molar-refractivity contribution in [1.82, 2.24) is 5.32 Å². The summed E-state index contributed by atoms with van der Waals surface area (Å²) in [5, 5.41) is 13.6.